The quantitative estimate of drug-likeness (QED) is 0.226. The first-order valence-corrected chi connectivity index (χ1v) is 11.5. The van der Waals surface area contributed by atoms with Crippen molar-refractivity contribution in [1.29, 1.82) is 0 Å². The second-order valence-corrected chi connectivity index (χ2v) is 9.42. The minimum Gasteiger partial charge on any atom is -0.508 e. The lowest BCUT2D eigenvalue weighted by Crippen LogP contribution is -2.27. The molecule has 0 amide bonds. The molecule has 0 saturated carbocycles. The van der Waals surface area contributed by atoms with Crippen LogP contribution in [-0.2, 0) is 5.41 Å². The molecule has 4 rings (SSSR count). The predicted molar refractivity (Wildman–Crippen MR) is 135 cm³/mol. The molecule has 0 aliphatic carbocycles. The number of rotatable bonds is 6. The number of phenols is 4. The van der Waals surface area contributed by atoms with Crippen molar-refractivity contribution in [2.75, 3.05) is 0 Å². The summed E-state index contributed by atoms with van der Waals surface area (Å²) in [4.78, 5) is 0. The Hall–Kier alpha value is -3.34. The molecule has 0 aromatic heterocycles. The van der Waals surface area contributed by atoms with Crippen molar-refractivity contribution in [3.05, 3.63) is 117 Å². The van der Waals surface area contributed by atoms with E-state index in [1.807, 2.05) is 36.4 Å². The highest BCUT2D eigenvalue weighted by atomic mass is 35.5. The summed E-state index contributed by atoms with van der Waals surface area (Å²) >= 11 is 12.6. The summed E-state index contributed by atoms with van der Waals surface area (Å²) in [5, 5.41) is 40.2. The summed E-state index contributed by atoms with van der Waals surface area (Å²) in [7, 11) is 0. The Bertz CT molecular complexity index is 1200. The third-order valence-electron chi connectivity index (χ3n) is 6.37. The molecule has 34 heavy (non-hydrogen) atoms. The molecule has 0 bridgehead atoms. The topological polar surface area (TPSA) is 80.9 Å². The van der Waals surface area contributed by atoms with Gasteiger partial charge in [0.05, 0.1) is 10.0 Å². The van der Waals surface area contributed by atoms with Gasteiger partial charge in [-0.1, -0.05) is 66.5 Å². The van der Waals surface area contributed by atoms with E-state index in [-0.39, 0.29) is 39.0 Å². The Morgan fingerprint density at radius 3 is 1.35 bits per heavy atom. The van der Waals surface area contributed by atoms with Crippen molar-refractivity contribution in [3.63, 3.8) is 0 Å². The molecule has 4 nitrogen and oxygen atoms in total. The zero-order chi connectivity index (χ0) is 24.5. The summed E-state index contributed by atoms with van der Waals surface area (Å²) in [6, 6.07) is 24.4. The van der Waals surface area contributed by atoms with Gasteiger partial charge in [-0.25, -0.2) is 0 Å². The molecule has 4 aromatic carbocycles. The number of benzene rings is 4. The van der Waals surface area contributed by atoms with Gasteiger partial charge < -0.3 is 20.4 Å². The number of aromatic hydroxyl groups is 4. The summed E-state index contributed by atoms with van der Waals surface area (Å²) < 4.78 is 0. The second kappa shape index (κ2) is 9.49. The van der Waals surface area contributed by atoms with E-state index in [1.165, 1.54) is 0 Å². The number of phenolic OH excluding ortho intramolecular Hbond substituents is 4. The van der Waals surface area contributed by atoms with E-state index in [1.54, 1.807) is 48.5 Å². The van der Waals surface area contributed by atoms with Gasteiger partial charge in [0, 0.05) is 11.3 Å². The van der Waals surface area contributed by atoms with Gasteiger partial charge in [-0.15, -0.1) is 0 Å². The molecule has 174 valence electrons. The van der Waals surface area contributed by atoms with Crippen LogP contribution in [-0.4, -0.2) is 20.4 Å². The lowest BCUT2D eigenvalue weighted by molar-refractivity contribution is 0.463. The Labute approximate surface area is 208 Å². The van der Waals surface area contributed by atoms with E-state index < -0.39 is 5.41 Å². The van der Waals surface area contributed by atoms with E-state index in [0.29, 0.717) is 6.42 Å². The van der Waals surface area contributed by atoms with E-state index >= 15 is 0 Å². The van der Waals surface area contributed by atoms with Crippen molar-refractivity contribution in [2.24, 2.45) is 0 Å². The fraction of sp³-hybridized carbons (Fsp3) is 0.143. The average Bonchev–Trinajstić information content (AvgIpc) is 2.82. The van der Waals surface area contributed by atoms with Gasteiger partial charge in [-0.3, -0.25) is 0 Å². The maximum atomic E-state index is 10.0. The van der Waals surface area contributed by atoms with Crippen molar-refractivity contribution in [3.8, 4) is 23.0 Å². The Morgan fingerprint density at radius 2 is 1.00 bits per heavy atom. The van der Waals surface area contributed by atoms with Crippen LogP contribution < -0.4 is 0 Å². The van der Waals surface area contributed by atoms with Crippen LogP contribution in [0, 0.1) is 0 Å². The van der Waals surface area contributed by atoms with Gasteiger partial charge in [-0.2, -0.15) is 0 Å². The summed E-state index contributed by atoms with van der Waals surface area (Å²) in [6.07, 6.45) is 0.560. The third kappa shape index (κ3) is 4.79. The first kappa shape index (κ1) is 23.8. The number of hydrogen-bond acceptors (Lipinski definition) is 4. The zero-order valence-corrected chi connectivity index (χ0v) is 19.9. The predicted octanol–water partition coefficient (Wildman–Crippen LogP) is 7.34. The van der Waals surface area contributed by atoms with Crippen LogP contribution in [0.3, 0.4) is 0 Å². The molecule has 0 aliphatic rings. The van der Waals surface area contributed by atoms with Crippen molar-refractivity contribution in [2.45, 2.75) is 24.7 Å². The van der Waals surface area contributed by atoms with Crippen LogP contribution in [0.15, 0.2) is 84.9 Å². The van der Waals surface area contributed by atoms with E-state index in [0.717, 1.165) is 22.3 Å². The van der Waals surface area contributed by atoms with Crippen molar-refractivity contribution in [1.82, 2.24) is 0 Å². The van der Waals surface area contributed by atoms with Crippen LogP contribution in [0.1, 0.15) is 41.5 Å². The summed E-state index contributed by atoms with van der Waals surface area (Å²) in [6.45, 7) is 2.06. The smallest absolute Gasteiger partial charge is 0.134 e. The van der Waals surface area contributed by atoms with Gasteiger partial charge in [0.15, 0.2) is 0 Å². The number of halogens is 2. The second-order valence-electron chi connectivity index (χ2n) is 8.60. The summed E-state index contributed by atoms with van der Waals surface area (Å²) in [5.41, 5.74) is 3.03. The largest absolute Gasteiger partial charge is 0.508 e. The standard InChI is InChI=1S/C28H24Cl2O4/c1-28(19-6-12-26(33)24(29)14-19,20-7-13-27(34)25(30)15-20)16-23(17-2-8-21(31)9-3-17)18-4-10-22(32)11-5-18/h2-15,23,31-34H,16H2,1H3. The minimum atomic E-state index is -0.644. The lowest BCUT2D eigenvalue weighted by Gasteiger charge is -2.36. The van der Waals surface area contributed by atoms with Crippen LogP contribution in [0.5, 0.6) is 23.0 Å². The molecule has 4 aromatic rings. The fourth-order valence-corrected chi connectivity index (χ4v) is 4.71. The van der Waals surface area contributed by atoms with Gasteiger partial charge in [0.25, 0.3) is 0 Å². The Kier molecular flexibility index (Phi) is 6.65. The van der Waals surface area contributed by atoms with E-state index in [2.05, 4.69) is 6.92 Å². The SMILES string of the molecule is CC(CC(c1ccc(O)cc1)c1ccc(O)cc1)(c1ccc(O)c(Cl)c1)c1ccc(O)c(Cl)c1. The number of hydrogen-bond donors (Lipinski definition) is 4. The molecule has 0 heterocycles. The molecule has 0 saturated heterocycles. The fourth-order valence-electron chi connectivity index (χ4n) is 4.35. The third-order valence-corrected chi connectivity index (χ3v) is 6.98. The van der Waals surface area contributed by atoms with Crippen molar-refractivity contribution >= 4 is 23.2 Å². The monoisotopic (exact) mass is 494 g/mol. The van der Waals surface area contributed by atoms with Crippen LogP contribution in [0.4, 0.5) is 0 Å². The first-order chi connectivity index (χ1) is 16.2. The molecule has 0 radical (unpaired) electrons. The highest BCUT2D eigenvalue weighted by Gasteiger charge is 2.34. The van der Waals surface area contributed by atoms with Gasteiger partial charge in [0.2, 0.25) is 0 Å². The summed E-state index contributed by atoms with van der Waals surface area (Å²) in [5.74, 6) is 0.194. The molecule has 4 N–H and O–H groups in total. The van der Waals surface area contributed by atoms with Gasteiger partial charge >= 0.3 is 0 Å². The maximum Gasteiger partial charge on any atom is 0.134 e. The van der Waals surface area contributed by atoms with Crippen LogP contribution in [0.25, 0.3) is 0 Å². The zero-order valence-electron chi connectivity index (χ0n) is 18.4. The first-order valence-electron chi connectivity index (χ1n) is 10.7. The molecule has 0 atom stereocenters. The molecule has 0 unspecified atom stereocenters. The van der Waals surface area contributed by atoms with E-state index in [9.17, 15) is 20.4 Å². The molecule has 6 heteroatoms. The van der Waals surface area contributed by atoms with Gasteiger partial charge in [-0.05, 0) is 77.2 Å². The average molecular weight is 495 g/mol. The van der Waals surface area contributed by atoms with Crippen molar-refractivity contribution < 1.29 is 20.4 Å². The lowest BCUT2D eigenvalue weighted by atomic mass is 9.68. The van der Waals surface area contributed by atoms with Crippen LogP contribution >= 0.6 is 23.2 Å². The maximum absolute atomic E-state index is 10.0. The molecule has 0 fully saturated rings. The highest BCUT2D eigenvalue weighted by Crippen LogP contribution is 2.46. The normalized spacial score (nSPS) is 11.6. The molecule has 0 spiro atoms. The highest BCUT2D eigenvalue weighted by molar-refractivity contribution is 6.32. The Morgan fingerprint density at radius 1 is 0.618 bits per heavy atom. The molecule has 0 aliphatic heterocycles. The molecular weight excluding hydrogens is 471 g/mol. The molecular formula is C28H24Cl2O4. The van der Waals surface area contributed by atoms with Crippen LogP contribution in [0.2, 0.25) is 10.0 Å². The van der Waals surface area contributed by atoms with Gasteiger partial charge in [0.1, 0.15) is 23.0 Å². The minimum absolute atomic E-state index is 0.00914. The Balaban J connectivity index is 1.90. The van der Waals surface area contributed by atoms with E-state index in [4.69, 9.17) is 23.2 Å².